The van der Waals surface area contributed by atoms with Crippen LogP contribution in [0.3, 0.4) is 0 Å². The van der Waals surface area contributed by atoms with E-state index in [0.717, 1.165) is 17.3 Å². The Morgan fingerprint density at radius 2 is 1.70 bits per heavy atom. The van der Waals surface area contributed by atoms with Crippen LogP contribution in [0.25, 0.3) is 0 Å². The quantitative estimate of drug-likeness (QED) is 0.826. The van der Waals surface area contributed by atoms with E-state index in [1.807, 2.05) is 6.92 Å². The predicted molar refractivity (Wildman–Crippen MR) is 104 cm³/mol. The van der Waals surface area contributed by atoms with Crippen LogP contribution in [0.15, 0.2) is 68.8 Å². The third-order valence-corrected chi connectivity index (χ3v) is 6.14. The van der Waals surface area contributed by atoms with Gasteiger partial charge in [-0.3, -0.25) is 9.59 Å². The van der Waals surface area contributed by atoms with Crippen LogP contribution in [-0.4, -0.2) is 36.7 Å². The number of hydrogen-bond acceptors (Lipinski definition) is 5. The Morgan fingerprint density at radius 1 is 1.07 bits per heavy atom. The highest BCUT2D eigenvalue weighted by atomic mass is 32.2. The number of sulfonamides is 1. The fraction of sp³-hybridized carbons (Fsp3) is 0.105. The number of benzene rings is 2. The second-order valence-corrected chi connectivity index (χ2v) is 8.45. The first kappa shape index (κ1) is 19.1. The molecule has 8 heteroatoms. The lowest BCUT2D eigenvalue weighted by molar-refractivity contribution is -0.133. The van der Waals surface area contributed by atoms with Gasteiger partial charge in [0.25, 0.3) is 10.0 Å². The normalized spacial score (nSPS) is 15.4. The van der Waals surface area contributed by atoms with Gasteiger partial charge in [0.2, 0.25) is 0 Å². The van der Waals surface area contributed by atoms with Gasteiger partial charge in [-0.2, -0.15) is 12.8 Å². The molecule has 3 rings (SSSR count). The van der Waals surface area contributed by atoms with Crippen molar-refractivity contribution >= 4 is 39.2 Å². The monoisotopic (exact) mass is 401 g/mol. The van der Waals surface area contributed by atoms with Crippen molar-refractivity contribution in [2.75, 3.05) is 5.75 Å². The molecule has 0 heterocycles. The van der Waals surface area contributed by atoms with Gasteiger partial charge < -0.3 is 5.11 Å². The number of aryl methyl sites for hydroxylation is 1. The first-order valence-electron chi connectivity index (χ1n) is 7.90. The molecule has 1 aliphatic rings. The fourth-order valence-corrected chi connectivity index (χ4v) is 4.23. The van der Waals surface area contributed by atoms with Gasteiger partial charge in [-0.25, -0.2) is 0 Å². The minimum absolute atomic E-state index is 0.0446. The van der Waals surface area contributed by atoms with Gasteiger partial charge >= 0.3 is 5.97 Å². The van der Waals surface area contributed by atoms with Gasteiger partial charge in [-0.05, 0) is 25.1 Å². The highest BCUT2D eigenvalue weighted by molar-refractivity contribution is 8.04. The molecule has 27 heavy (non-hydrogen) atoms. The molecule has 2 aromatic rings. The largest absolute Gasteiger partial charge is 0.481 e. The predicted octanol–water partition coefficient (Wildman–Crippen LogP) is 3.07. The molecule has 0 aromatic heterocycles. The van der Waals surface area contributed by atoms with Crippen LogP contribution in [0.4, 0.5) is 0 Å². The first-order chi connectivity index (χ1) is 12.8. The average Bonchev–Trinajstić information content (AvgIpc) is 2.63. The Morgan fingerprint density at radius 3 is 2.33 bits per heavy atom. The molecule has 0 atom stereocenters. The minimum atomic E-state index is -3.99. The molecule has 0 fully saturated rings. The zero-order valence-electron chi connectivity index (χ0n) is 14.2. The van der Waals surface area contributed by atoms with Crippen molar-refractivity contribution in [1.29, 1.82) is 0 Å². The van der Waals surface area contributed by atoms with Gasteiger partial charge in [0.05, 0.1) is 21.3 Å². The first-order valence-corrected chi connectivity index (χ1v) is 10.3. The van der Waals surface area contributed by atoms with E-state index in [0.29, 0.717) is 11.1 Å². The standard InChI is InChI=1S/C19H15NO5S2/c1-12-6-8-13(9-7-12)27(24,25)20-16-10-17(26-11-18(21)22)19(23)15-5-3-2-4-14(15)16/h2-10H,11H2,1H3,(H,21,22)/b20-16-. The molecule has 0 saturated heterocycles. The van der Waals surface area contributed by atoms with Crippen molar-refractivity contribution in [3.8, 4) is 0 Å². The fourth-order valence-electron chi connectivity index (χ4n) is 2.52. The number of hydrogen-bond donors (Lipinski definition) is 1. The number of aliphatic carboxylic acids is 1. The Bertz CT molecular complexity index is 1080. The average molecular weight is 401 g/mol. The van der Waals surface area contributed by atoms with E-state index in [9.17, 15) is 18.0 Å². The maximum atomic E-state index is 12.7. The maximum Gasteiger partial charge on any atom is 0.313 e. The Kier molecular flexibility index (Phi) is 5.29. The number of Topliss-reactive ketones (excluding diaryl/α,β-unsaturated/α-hetero) is 1. The van der Waals surface area contributed by atoms with Gasteiger partial charge in [0.15, 0.2) is 5.78 Å². The second-order valence-electron chi connectivity index (χ2n) is 5.83. The zero-order valence-corrected chi connectivity index (χ0v) is 15.9. The Hall–Kier alpha value is -2.71. The molecule has 0 bridgehead atoms. The lowest BCUT2D eigenvalue weighted by Gasteiger charge is -2.16. The van der Waals surface area contributed by atoms with Crippen molar-refractivity contribution in [3.05, 3.63) is 76.2 Å². The maximum absolute atomic E-state index is 12.7. The molecule has 0 saturated carbocycles. The van der Waals surface area contributed by atoms with Crippen LogP contribution in [-0.2, 0) is 14.8 Å². The van der Waals surface area contributed by atoms with Gasteiger partial charge in [0, 0.05) is 11.1 Å². The Balaban J connectivity index is 2.10. The van der Waals surface area contributed by atoms with Crippen LogP contribution in [0.1, 0.15) is 21.5 Å². The third kappa shape index (κ3) is 4.17. The lowest BCUT2D eigenvalue weighted by atomic mass is 9.94. The number of fused-ring (bicyclic) bond motifs is 1. The number of carboxylic acids is 1. The van der Waals surface area contributed by atoms with E-state index >= 15 is 0 Å². The van der Waals surface area contributed by atoms with Crippen LogP contribution in [0, 0.1) is 6.92 Å². The van der Waals surface area contributed by atoms with Crippen LogP contribution in [0.2, 0.25) is 0 Å². The Labute approximate surface area is 160 Å². The SMILES string of the molecule is Cc1ccc(S(=O)(=O)/N=C2/C=C(SCC(=O)O)C(=O)c3ccccc32)cc1. The zero-order chi connectivity index (χ0) is 19.6. The highest BCUT2D eigenvalue weighted by Crippen LogP contribution is 2.29. The number of nitrogens with zero attached hydrogens (tertiary/aromatic N) is 1. The lowest BCUT2D eigenvalue weighted by Crippen LogP contribution is -2.18. The number of carbonyl (C=O) groups is 2. The van der Waals surface area contributed by atoms with Gasteiger partial charge in [-0.15, -0.1) is 11.8 Å². The second kappa shape index (κ2) is 7.50. The van der Waals surface area contributed by atoms with E-state index in [1.54, 1.807) is 36.4 Å². The van der Waals surface area contributed by atoms with E-state index in [1.165, 1.54) is 18.2 Å². The molecule has 0 spiro atoms. The summed E-state index contributed by atoms with van der Waals surface area (Å²) >= 11 is 0.841. The van der Waals surface area contributed by atoms with Gasteiger partial charge in [-0.1, -0.05) is 42.0 Å². The van der Waals surface area contributed by atoms with E-state index in [4.69, 9.17) is 5.11 Å². The summed E-state index contributed by atoms with van der Waals surface area (Å²) in [6, 6.07) is 12.8. The number of carbonyl (C=O) groups excluding carboxylic acids is 1. The summed E-state index contributed by atoms with van der Waals surface area (Å²) in [5.41, 5.74) is 1.73. The number of allylic oxidation sites excluding steroid dienone is 2. The van der Waals surface area contributed by atoms with Crippen LogP contribution >= 0.6 is 11.8 Å². The number of carboxylic acid groups (broad SMARTS) is 1. The van der Waals surface area contributed by atoms with Crippen molar-refractivity contribution in [2.24, 2.45) is 4.40 Å². The topological polar surface area (TPSA) is 101 Å². The summed E-state index contributed by atoms with van der Waals surface area (Å²) in [7, 11) is -3.99. The molecule has 0 unspecified atom stereocenters. The summed E-state index contributed by atoms with van der Waals surface area (Å²) in [5.74, 6) is -1.72. The molecule has 0 radical (unpaired) electrons. The highest BCUT2D eigenvalue weighted by Gasteiger charge is 2.26. The van der Waals surface area contributed by atoms with Crippen molar-refractivity contribution in [2.45, 2.75) is 11.8 Å². The molecular formula is C19H15NO5S2. The molecule has 0 aliphatic heterocycles. The van der Waals surface area contributed by atoms with E-state index in [2.05, 4.69) is 4.40 Å². The summed E-state index contributed by atoms with van der Waals surface area (Å²) in [4.78, 5) is 23.6. The molecule has 138 valence electrons. The summed E-state index contributed by atoms with van der Waals surface area (Å²) in [5, 5.41) is 8.86. The molecule has 1 N–H and O–H groups in total. The number of thioether (sulfide) groups is 1. The summed E-state index contributed by atoms with van der Waals surface area (Å²) in [6.07, 6.45) is 1.34. The number of rotatable bonds is 5. The molecule has 6 nitrogen and oxygen atoms in total. The minimum Gasteiger partial charge on any atom is -0.481 e. The van der Waals surface area contributed by atoms with E-state index < -0.39 is 16.0 Å². The van der Waals surface area contributed by atoms with Crippen LogP contribution in [0.5, 0.6) is 0 Å². The molecule has 0 amide bonds. The molecule has 1 aliphatic carbocycles. The van der Waals surface area contributed by atoms with Crippen molar-refractivity contribution in [1.82, 2.24) is 0 Å². The molecular weight excluding hydrogens is 386 g/mol. The van der Waals surface area contributed by atoms with Gasteiger partial charge in [0.1, 0.15) is 0 Å². The molecule has 2 aromatic carbocycles. The summed E-state index contributed by atoms with van der Waals surface area (Å²) < 4.78 is 29.3. The smallest absolute Gasteiger partial charge is 0.313 e. The third-order valence-electron chi connectivity index (χ3n) is 3.83. The number of ketones is 1. The van der Waals surface area contributed by atoms with E-state index in [-0.39, 0.29) is 27.0 Å². The van der Waals surface area contributed by atoms with Crippen LogP contribution < -0.4 is 0 Å². The summed E-state index contributed by atoms with van der Waals surface area (Å²) in [6.45, 7) is 1.85. The van der Waals surface area contributed by atoms with Crippen molar-refractivity contribution < 1.29 is 23.1 Å². The van der Waals surface area contributed by atoms with Crippen molar-refractivity contribution in [3.63, 3.8) is 0 Å².